The van der Waals surface area contributed by atoms with Crippen LogP contribution in [-0.2, 0) is 0 Å². The normalized spacial score (nSPS) is 18.3. The van der Waals surface area contributed by atoms with E-state index in [9.17, 15) is 14.7 Å². The van der Waals surface area contributed by atoms with Gasteiger partial charge in [-0.3, -0.25) is 9.59 Å². The molecule has 10 nitrogen and oxygen atoms in total. The van der Waals surface area contributed by atoms with Gasteiger partial charge in [-0.05, 0) is 38.8 Å². The van der Waals surface area contributed by atoms with Gasteiger partial charge in [0.2, 0.25) is 0 Å². The summed E-state index contributed by atoms with van der Waals surface area (Å²) in [7, 11) is 1.74. The molecule has 0 bridgehead atoms. The van der Waals surface area contributed by atoms with Crippen LogP contribution in [0.3, 0.4) is 0 Å². The Morgan fingerprint density at radius 3 is 2.77 bits per heavy atom. The van der Waals surface area contributed by atoms with E-state index in [1.807, 2.05) is 13.8 Å². The fourth-order valence-electron chi connectivity index (χ4n) is 3.41. The number of carbonyl (C=O) groups excluding carboxylic acids is 1. The molecule has 4 N–H and O–H groups in total. The van der Waals surface area contributed by atoms with Gasteiger partial charge in [-0.1, -0.05) is 0 Å². The number of amides is 1. The highest BCUT2D eigenvalue weighted by Crippen LogP contribution is 2.23. The van der Waals surface area contributed by atoms with Gasteiger partial charge in [0.05, 0.1) is 18.3 Å². The molecule has 2 atom stereocenters. The van der Waals surface area contributed by atoms with Gasteiger partial charge in [-0.2, -0.15) is 9.61 Å². The number of nitrogens with zero attached hydrogens (tertiary/aromatic N) is 4. The van der Waals surface area contributed by atoms with Crippen LogP contribution in [0.15, 0.2) is 35.4 Å². The topological polar surface area (TPSA) is 126 Å². The zero-order valence-electron chi connectivity index (χ0n) is 17.1. The zero-order valence-corrected chi connectivity index (χ0v) is 17.1. The van der Waals surface area contributed by atoms with Crippen molar-refractivity contribution < 1.29 is 9.90 Å². The number of aliphatic hydroxyl groups is 1. The highest BCUT2D eigenvalue weighted by atomic mass is 16.3. The van der Waals surface area contributed by atoms with Crippen LogP contribution in [0.2, 0.25) is 0 Å². The minimum absolute atomic E-state index is 0.0227. The third-order valence-corrected chi connectivity index (χ3v) is 5.32. The number of anilines is 3. The van der Waals surface area contributed by atoms with Crippen molar-refractivity contribution in [2.75, 3.05) is 17.7 Å². The van der Waals surface area contributed by atoms with Gasteiger partial charge in [0, 0.05) is 25.4 Å². The lowest BCUT2D eigenvalue weighted by Crippen LogP contribution is -2.50. The molecule has 4 rings (SSSR count). The first-order valence-corrected chi connectivity index (χ1v) is 9.92. The Bertz CT molecular complexity index is 1150. The maximum Gasteiger partial charge on any atom is 0.274 e. The Morgan fingerprint density at radius 1 is 1.33 bits per heavy atom. The lowest BCUT2D eigenvalue weighted by Gasteiger charge is -2.32. The van der Waals surface area contributed by atoms with Crippen LogP contribution in [0.5, 0.6) is 0 Å². The highest BCUT2D eigenvalue weighted by Gasteiger charge is 2.31. The monoisotopic (exact) mass is 411 g/mol. The summed E-state index contributed by atoms with van der Waals surface area (Å²) in [6, 6.07) is 4.96. The number of carbonyl (C=O) groups is 1. The van der Waals surface area contributed by atoms with E-state index in [0.29, 0.717) is 35.0 Å². The fraction of sp³-hybridized carbons (Fsp3) is 0.400. The molecule has 1 fully saturated rings. The van der Waals surface area contributed by atoms with Crippen molar-refractivity contribution in [1.29, 1.82) is 0 Å². The summed E-state index contributed by atoms with van der Waals surface area (Å²) in [5.74, 6) is 0.663. The predicted octanol–water partition coefficient (Wildman–Crippen LogP) is 1.51. The molecule has 1 saturated carbocycles. The van der Waals surface area contributed by atoms with Crippen LogP contribution in [0.4, 0.5) is 17.3 Å². The average Bonchev–Trinajstić information content (AvgIpc) is 3.15. The lowest BCUT2D eigenvalue weighted by molar-refractivity contribution is 0.0448. The third kappa shape index (κ3) is 3.50. The molecule has 0 unspecified atom stereocenters. The molecule has 3 aromatic heterocycles. The minimum atomic E-state index is -0.518. The van der Waals surface area contributed by atoms with Gasteiger partial charge in [-0.15, -0.1) is 0 Å². The fourth-order valence-corrected chi connectivity index (χ4v) is 3.41. The molecule has 0 spiro atoms. The maximum atomic E-state index is 12.7. The summed E-state index contributed by atoms with van der Waals surface area (Å²) in [5, 5.41) is 22.9. The first-order valence-electron chi connectivity index (χ1n) is 9.92. The second-order valence-corrected chi connectivity index (χ2v) is 7.65. The van der Waals surface area contributed by atoms with Crippen LogP contribution in [0.25, 0.3) is 5.65 Å². The average molecular weight is 411 g/mol. The van der Waals surface area contributed by atoms with Crippen LogP contribution < -0.4 is 21.5 Å². The second-order valence-electron chi connectivity index (χ2n) is 7.65. The van der Waals surface area contributed by atoms with Crippen molar-refractivity contribution in [2.45, 2.75) is 44.9 Å². The Labute approximate surface area is 172 Å². The van der Waals surface area contributed by atoms with Crippen LogP contribution in [-0.4, -0.2) is 49.4 Å². The van der Waals surface area contributed by atoms with E-state index in [-0.39, 0.29) is 23.6 Å². The van der Waals surface area contributed by atoms with Crippen LogP contribution in [0.1, 0.15) is 43.1 Å². The molecule has 3 aromatic rings. The molecular weight excluding hydrogens is 386 g/mol. The van der Waals surface area contributed by atoms with E-state index in [4.69, 9.17) is 0 Å². The smallest absolute Gasteiger partial charge is 0.274 e. The molecule has 0 saturated heterocycles. The van der Waals surface area contributed by atoms with Crippen molar-refractivity contribution in [1.82, 2.24) is 24.5 Å². The number of nitrogens with one attached hydrogen (secondary N) is 3. The summed E-state index contributed by atoms with van der Waals surface area (Å²) in [6.07, 6.45) is 4.09. The number of aliphatic hydroxyl groups excluding tert-OH is 1. The molecule has 3 heterocycles. The molecule has 1 aliphatic carbocycles. The maximum absolute atomic E-state index is 12.7. The number of rotatable bonds is 6. The molecule has 0 aromatic carbocycles. The van der Waals surface area contributed by atoms with Crippen molar-refractivity contribution in [3.63, 3.8) is 0 Å². The molecule has 1 amide bonds. The molecule has 158 valence electrons. The van der Waals surface area contributed by atoms with Gasteiger partial charge < -0.3 is 25.6 Å². The SMILES string of the molecule is CNc1cc(Nc2cccn(C(C)C)c2=O)nc2c(C(=O)N[C@H]3CC[C@@H]3O)cnn12. The summed E-state index contributed by atoms with van der Waals surface area (Å²) < 4.78 is 3.15. The molecular formula is C20H25N7O3. The van der Waals surface area contributed by atoms with Crippen molar-refractivity contribution in [3.05, 3.63) is 46.5 Å². The van der Waals surface area contributed by atoms with Gasteiger partial charge >= 0.3 is 0 Å². The summed E-state index contributed by atoms with van der Waals surface area (Å²) in [6.45, 7) is 3.87. The Kier molecular flexibility index (Phi) is 5.17. The Morgan fingerprint density at radius 2 is 2.13 bits per heavy atom. The van der Waals surface area contributed by atoms with E-state index in [1.54, 1.807) is 36.0 Å². The molecule has 1 aliphatic rings. The van der Waals surface area contributed by atoms with Gasteiger partial charge in [0.1, 0.15) is 22.9 Å². The first kappa shape index (κ1) is 19.9. The molecule has 0 radical (unpaired) electrons. The molecule has 0 aliphatic heterocycles. The van der Waals surface area contributed by atoms with E-state index < -0.39 is 6.10 Å². The van der Waals surface area contributed by atoms with Gasteiger partial charge in [-0.25, -0.2) is 4.98 Å². The van der Waals surface area contributed by atoms with Crippen molar-refractivity contribution >= 4 is 28.9 Å². The summed E-state index contributed by atoms with van der Waals surface area (Å²) >= 11 is 0. The van der Waals surface area contributed by atoms with Crippen LogP contribution >= 0.6 is 0 Å². The van der Waals surface area contributed by atoms with E-state index >= 15 is 0 Å². The standard InChI is InChI=1S/C20H25N7O3/c1-11(2)26-8-4-5-14(20(26)30)23-16-9-17(21-3)27-18(25-16)12(10-22-27)19(29)24-13-6-7-15(13)28/h4-5,8-11,13,15,21,28H,6-7H2,1-3H3,(H,23,25)(H,24,29)/t13-,15-/m0/s1. The van der Waals surface area contributed by atoms with Gasteiger partial charge in [0.25, 0.3) is 11.5 Å². The quantitative estimate of drug-likeness (QED) is 0.484. The van der Waals surface area contributed by atoms with E-state index in [0.717, 1.165) is 6.42 Å². The Hall–Kier alpha value is -3.40. The van der Waals surface area contributed by atoms with E-state index in [1.165, 1.54) is 10.7 Å². The van der Waals surface area contributed by atoms with Gasteiger partial charge in [0.15, 0.2) is 5.65 Å². The van der Waals surface area contributed by atoms with Crippen molar-refractivity contribution in [3.8, 4) is 0 Å². The number of aromatic nitrogens is 4. The van der Waals surface area contributed by atoms with Crippen molar-refractivity contribution in [2.24, 2.45) is 0 Å². The molecule has 30 heavy (non-hydrogen) atoms. The largest absolute Gasteiger partial charge is 0.391 e. The zero-order chi connectivity index (χ0) is 21.4. The molecule has 10 heteroatoms. The summed E-state index contributed by atoms with van der Waals surface area (Å²) in [4.78, 5) is 29.9. The second kappa shape index (κ2) is 7.79. The predicted molar refractivity (Wildman–Crippen MR) is 113 cm³/mol. The number of fused-ring (bicyclic) bond motifs is 1. The number of hydrogen-bond donors (Lipinski definition) is 4. The number of hydrogen-bond acceptors (Lipinski definition) is 7. The number of pyridine rings is 1. The lowest BCUT2D eigenvalue weighted by atomic mass is 9.89. The highest BCUT2D eigenvalue weighted by molar-refractivity contribution is 6.00. The minimum Gasteiger partial charge on any atom is -0.391 e. The summed E-state index contributed by atoms with van der Waals surface area (Å²) in [5.41, 5.74) is 0.858. The van der Waals surface area contributed by atoms with Crippen LogP contribution in [0, 0.1) is 0 Å². The first-order chi connectivity index (χ1) is 14.4. The van der Waals surface area contributed by atoms with E-state index in [2.05, 4.69) is 26.0 Å². The Balaban J connectivity index is 1.70. The third-order valence-electron chi connectivity index (χ3n) is 5.32.